The first-order valence-electron chi connectivity index (χ1n) is 4.84. The normalized spacial score (nSPS) is 16.0. The van der Waals surface area contributed by atoms with Crippen molar-refractivity contribution in [3.63, 3.8) is 0 Å². The molecule has 0 heterocycles. The maximum absolute atomic E-state index is 11.4. The Labute approximate surface area is 91.2 Å². The van der Waals surface area contributed by atoms with Crippen molar-refractivity contribution in [2.45, 2.75) is 25.1 Å². The average Bonchev–Trinajstić information content (AvgIpc) is 2.15. The molecule has 0 aromatic heterocycles. The predicted octanol–water partition coefficient (Wildman–Crippen LogP) is 1.43. The van der Waals surface area contributed by atoms with Gasteiger partial charge in [0.15, 0.2) is 9.84 Å². The van der Waals surface area contributed by atoms with Crippen LogP contribution in [0.2, 0.25) is 0 Å². The van der Waals surface area contributed by atoms with E-state index in [1.165, 1.54) is 6.26 Å². The maximum atomic E-state index is 11.4. The quantitative estimate of drug-likeness (QED) is 0.849. The van der Waals surface area contributed by atoms with Gasteiger partial charge in [-0.1, -0.05) is 24.3 Å². The predicted molar refractivity (Wildman–Crippen MR) is 62.4 cm³/mol. The molecule has 0 radical (unpaired) electrons. The van der Waals surface area contributed by atoms with Crippen molar-refractivity contribution < 1.29 is 8.42 Å². The summed E-state index contributed by atoms with van der Waals surface area (Å²) in [6.07, 6.45) is 1.22. The molecule has 0 spiro atoms. The van der Waals surface area contributed by atoms with Crippen LogP contribution in [0.1, 0.15) is 24.1 Å². The van der Waals surface area contributed by atoms with Gasteiger partial charge in [0, 0.05) is 12.3 Å². The van der Waals surface area contributed by atoms with Crippen molar-refractivity contribution >= 4 is 9.84 Å². The van der Waals surface area contributed by atoms with Crippen LogP contribution in [0, 0.1) is 6.92 Å². The van der Waals surface area contributed by atoms with Gasteiger partial charge in [-0.3, -0.25) is 0 Å². The molecule has 0 bridgehead atoms. The van der Waals surface area contributed by atoms with Crippen molar-refractivity contribution in [2.75, 3.05) is 6.26 Å². The third-order valence-corrected chi connectivity index (χ3v) is 4.37. The Bertz CT molecular complexity index is 440. The van der Waals surface area contributed by atoms with Crippen LogP contribution in [0.25, 0.3) is 0 Å². The van der Waals surface area contributed by atoms with Crippen molar-refractivity contribution in [1.29, 1.82) is 0 Å². The van der Waals surface area contributed by atoms with Gasteiger partial charge in [0.25, 0.3) is 0 Å². The van der Waals surface area contributed by atoms with Gasteiger partial charge >= 0.3 is 0 Å². The van der Waals surface area contributed by atoms with Crippen LogP contribution in [0.5, 0.6) is 0 Å². The van der Waals surface area contributed by atoms with E-state index >= 15 is 0 Å². The summed E-state index contributed by atoms with van der Waals surface area (Å²) in [7, 11) is -3.09. The zero-order chi connectivity index (χ0) is 11.6. The monoisotopic (exact) mass is 227 g/mol. The van der Waals surface area contributed by atoms with Crippen molar-refractivity contribution in [1.82, 2.24) is 0 Å². The maximum Gasteiger partial charge on any atom is 0.151 e. The topological polar surface area (TPSA) is 60.2 Å². The van der Waals surface area contributed by atoms with Crippen LogP contribution >= 0.6 is 0 Å². The first-order chi connectivity index (χ1) is 6.84. The molecule has 1 rings (SSSR count). The van der Waals surface area contributed by atoms with E-state index in [-0.39, 0.29) is 0 Å². The molecule has 1 aromatic carbocycles. The third-order valence-electron chi connectivity index (χ3n) is 2.73. The van der Waals surface area contributed by atoms with Crippen molar-refractivity contribution in [2.24, 2.45) is 5.73 Å². The zero-order valence-corrected chi connectivity index (χ0v) is 10.1. The second-order valence-electron chi connectivity index (χ2n) is 3.92. The molecule has 4 heteroatoms. The Balaban J connectivity index is 3.06. The number of benzene rings is 1. The average molecular weight is 227 g/mol. The Kier molecular flexibility index (Phi) is 3.52. The molecule has 84 valence electrons. The van der Waals surface area contributed by atoms with Crippen LogP contribution in [-0.4, -0.2) is 19.9 Å². The molecule has 0 aliphatic rings. The van der Waals surface area contributed by atoms with Crippen LogP contribution in [0.15, 0.2) is 24.3 Å². The van der Waals surface area contributed by atoms with E-state index in [2.05, 4.69) is 0 Å². The van der Waals surface area contributed by atoms with Crippen LogP contribution < -0.4 is 5.73 Å². The lowest BCUT2D eigenvalue weighted by molar-refractivity contribution is 0.570. The second-order valence-corrected chi connectivity index (χ2v) is 6.32. The lowest BCUT2D eigenvalue weighted by Gasteiger charge is -2.20. The molecular weight excluding hydrogens is 210 g/mol. The first-order valence-corrected chi connectivity index (χ1v) is 6.79. The number of nitrogens with two attached hydrogens (primary N) is 1. The standard InChI is InChI=1S/C11H17NO2S/c1-8-6-4-5-7-10(8)11(12)9(2)15(3,13)14/h4-7,9,11H,12H2,1-3H3. The number of hydrogen-bond acceptors (Lipinski definition) is 3. The van der Waals surface area contributed by atoms with Crippen LogP contribution in [-0.2, 0) is 9.84 Å². The van der Waals surface area contributed by atoms with Gasteiger partial charge in [0.2, 0.25) is 0 Å². The lowest BCUT2D eigenvalue weighted by Crippen LogP contribution is -2.30. The third kappa shape index (κ3) is 2.79. The van der Waals surface area contributed by atoms with Gasteiger partial charge in [-0.05, 0) is 25.0 Å². The largest absolute Gasteiger partial charge is 0.323 e. The fourth-order valence-corrected chi connectivity index (χ4v) is 2.16. The molecule has 1 aromatic rings. The Morgan fingerprint density at radius 3 is 2.27 bits per heavy atom. The summed E-state index contributed by atoms with van der Waals surface area (Å²) in [4.78, 5) is 0. The minimum absolute atomic E-state index is 0.457. The number of aryl methyl sites for hydroxylation is 1. The Hall–Kier alpha value is -0.870. The molecule has 3 nitrogen and oxygen atoms in total. The van der Waals surface area contributed by atoms with E-state index in [1.54, 1.807) is 6.92 Å². The van der Waals surface area contributed by atoms with E-state index in [1.807, 2.05) is 31.2 Å². The second kappa shape index (κ2) is 4.33. The molecule has 0 amide bonds. The highest BCUT2D eigenvalue weighted by molar-refractivity contribution is 7.91. The van der Waals surface area contributed by atoms with Gasteiger partial charge in [-0.15, -0.1) is 0 Å². The summed E-state index contributed by atoms with van der Waals surface area (Å²) in [6, 6.07) is 7.14. The number of sulfone groups is 1. The zero-order valence-electron chi connectivity index (χ0n) is 9.27. The minimum Gasteiger partial charge on any atom is -0.323 e. The Morgan fingerprint density at radius 1 is 1.27 bits per heavy atom. The van der Waals surface area contributed by atoms with E-state index in [0.717, 1.165) is 11.1 Å². The fraction of sp³-hybridized carbons (Fsp3) is 0.455. The van der Waals surface area contributed by atoms with Crippen LogP contribution in [0.4, 0.5) is 0 Å². The summed E-state index contributed by atoms with van der Waals surface area (Å²) in [5.41, 5.74) is 7.87. The Morgan fingerprint density at radius 2 is 1.80 bits per heavy atom. The molecular formula is C11H17NO2S. The van der Waals surface area contributed by atoms with E-state index in [0.29, 0.717) is 0 Å². The molecule has 0 saturated carbocycles. The van der Waals surface area contributed by atoms with Gasteiger partial charge in [-0.2, -0.15) is 0 Å². The smallest absolute Gasteiger partial charge is 0.151 e. The first kappa shape index (κ1) is 12.2. The van der Waals surface area contributed by atoms with Gasteiger partial charge in [0.1, 0.15) is 0 Å². The summed E-state index contributed by atoms with van der Waals surface area (Å²) in [5.74, 6) is 0. The van der Waals surface area contributed by atoms with Crippen LogP contribution in [0.3, 0.4) is 0 Å². The van der Waals surface area contributed by atoms with Gasteiger partial charge in [-0.25, -0.2) is 8.42 Å². The summed E-state index contributed by atoms with van der Waals surface area (Å²) in [6.45, 7) is 3.58. The summed E-state index contributed by atoms with van der Waals surface area (Å²) < 4.78 is 22.8. The van der Waals surface area contributed by atoms with Crippen molar-refractivity contribution in [3.8, 4) is 0 Å². The summed E-state index contributed by atoms with van der Waals surface area (Å²) in [5, 5.41) is -0.557. The minimum atomic E-state index is -3.09. The molecule has 2 atom stereocenters. The SMILES string of the molecule is Cc1ccccc1C(N)C(C)S(C)(=O)=O. The highest BCUT2D eigenvalue weighted by atomic mass is 32.2. The highest BCUT2D eigenvalue weighted by Gasteiger charge is 2.24. The lowest BCUT2D eigenvalue weighted by atomic mass is 10.0. The summed E-state index contributed by atoms with van der Waals surface area (Å²) >= 11 is 0. The number of hydrogen-bond donors (Lipinski definition) is 1. The molecule has 0 fully saturated rings. The molecule has 0 aliphatic heterocycles. The molecule has 2 N–H and O–H groups in total. The number of rotatable bonds is 3. The van der Waals surface area contributed by atoms with E-state index in [9.17, 15) is 8.42 Å². The molecule has 0 saturated heterocycles. The highest BCUT2D eigenvalue weighted by Crippen LogP contribution is 2.21. The van der Waals surface area contributed by atoms with Crippen molar-refractivity contribution in [3.05, 3.63) is 35.4 Å². The van der Waals surface area contributed by atoms with E-state index < -0.39 is 21.1 Å². The fourth-order valence-electron chi connectivity index (χ4n) is 1.48. The molecule has 0 aliphatic carbocycles. The van der Waals surface area contributed by atoms with Gasteiger partial charge < -0.3 is 5.73 Å². The molecule has 2 unspecified atom stereocenters. The van der Waals surface area contributed by atoms with E-state index in [4.69, 9.17) is 5.73 Å². The molecule has 15 heavy (non-hydrogen) atoms. The van der Waals surface area contributed by atoms with Gasteiger partial charge in [0.05, 0.1) is 5.25 Å².